The Hall–Kier alpha value is -2.48. The Morgan fingerprint density at radius 3 is 2.70 bits per heavy atom. The number of hydrogen-bond donors (Lipinski definition) is 1. The molecule has 2 atom stereocenters. The topological polar surface area (TPSA) is 79.0 Å². The Kier molecular flexibility index (Phi) is 7.42. The van der Waals surface area contributed by atoms with Crippen LogP contribution in [0.1, 0.15) is 41.6 Å². The Morgan fingerprint density at radius 2 is 1.97 bits per heavy atom. The van der Waals surface area contributed by atoms with Crippen molar-refractivity contribution < 1.29 is 23.5 Å². The van der Waals surface area contributed by atoms with Crippen LogP contribution in [-0.2, 0) is 14.3 Å². The summed E-state index contributed by atoms with van der Waals surface area (Å²) >= 11 is 0. The van der Waals surface area contributed by atoms with Crippen LogP contribution in [-0.4, -0.2) is 73.5 Å². The Balaban J connectivity index is 1.83. The first kappa shape index (κ1) is 22.2. The zero-order valence-corrected chi connectivity index (χ0v) is 17.7. The minimum atomic E-state index is -0.433. The molecule has 1 aliphatic carbocycles. The van der Waals surface area contributed by atoms with Gasteiger partial charge in [0.25, 0.3) is 5.91 Å². The first-order valence-electron chi connectivity index (χ1n) is 10.5. The summed E-state index contributed by atoms with van der Waals surface area (Å²) in [4.78, 5) is 41.8. The van der Waals surface area contributed by atoms with E-state index in [9.17, 15) is 18.8 Å². The van der Waals surface area contributed by atoms with Crippen LogP contribution >= 0.6 is 0 Å². The van der Waals surface area contributed by atoms with Crippen molar-refractivity contribution in [1.82, 2.24) is 15.1 Å². The Morgan fingerprint density at radius 1 is 1.20 bits per heavy atom. The van der Waals surface area contributed by atoms with Gasteiger partial charge >= 0.3 is 0 Å². The molecule has 1 aromatic rings. The molecule has 0 radical (unpaired) electrons. The second-order valence-corrected chi connectivity index (χ2v) is 8.03. The smallest absolute Gasteiger partial charge is 0.254 e. The van der Waals surface area contributed by atoms with Gasteiger partial charge in [-0.2, -0.15) is 0 Å². The quantitative estimate of drug-likeness (QED) is 0.810. The van der Waals surface area contributed by atoms with Gasteiger partial charge in [-0.3, -0.25) is 14.4 Å². The number of rotatable bonds is 3. The van der Waals surface area contributed by atoms with E-state index in [0.29, 0.717) is 31.7 Å². The maximum absolute atomic E-state index is 14.0. The maximum Gasteiger partial charge on any atom is 0.254 e. The Bertz CT molecular complexity index is 801. The van der Waals surface area contributed by atoms with E-state index in [-0.39, 0.29) is 41.9 Å². The molecule has 2 fully saturated rings. The van der Waals surface area contributed by atoms with Crippen LogP contribution in [0.5, 0.6) is 0 Å². The highest BCUT2D eigenvalue weighted by molar-refractivity contribution is 5.94. The van der Waals surface area contributed by atoms with Crippen molar-refractivity contribution >= 4 is 17.7 Å². The molecule has 1 saturated heterocycles. The molecule has 164 valence electrons. The van der Waals surface area contributed by atoms with Crippen LogP contribution in [0.25, 0.3) is 0 Å². The number of carbonyl (C=O) groups is 3. The fraction of sp³-hybridized carbons (Fsp3) is 0.591. The zero-order chi connectivity index (χ0) is 21.7. The standard InChI is InChI=1S/C22H30FN3O4/c1-15-7-8-16(13-18(15)23)22(29)25-10-9-24-21(28)17-5-3-4-6-19(17)26(12-11-25)20(27)14-30-2/h7-8,13,17,19H,3-6,9-12,14H2,1-2H3,(H,24,28). The van der Waals surface area contributed by atoms with Crippen molar-refractivity contribution in [2.24, 2.45) is 5.92 Å². The summed E-state index contributed by atoms with van der Waals surface area (Å²) in [5.41, 5.74) is 0.728. The van der Waals surface area contributed by atoms with E-state index in [0.717, 1.165) is 25.7 Å². The summed E-state index contributed by atoms with van der Waals surface area (Å²) in [7, 11) is 1.46. The largest absolute Gasteiger partial charge is 0.375 e. The van der Waals surface area contributed by atoms with Gasteiger partial charge in [-0.1, -0.05) is 18.9 Å². The van der Waals surface area contributed by atoms with Gasteiger partial charge in [0.1, 0.15) is 12.4 Å². The third kappa shape index (κ3) is 4.98. The minimum Gasteiger partial charge on any atom is -0.375 e. The van der Waals surface area contributed by atoms with Gasteiger partial charge in [-0.15, -0.1) is 0 Å². The highest BCUT2D eigenvalue weighted by Gasteiger charge is 2.37. The molecular weight excluding hydrogens is 389 g/mol. The lowest BCUT2D eigenvalue weighted by Crippen LogP contribution is -2.56. The molecule has 1 N–H and O–H groups in total. The number of nitrogens with zero attached hydrogens (tertiary/aromatic N) is 2. The summed E-state index contributed by atoms with van der Waals surface area (Å²) in [6, 6.07) is 4.21. The van der Waals surface area contributed by atoms with Crippen LogP contribution < -0.4 is 5.32 Å². The van der Waals surface area contributed by atoms with E-state index in [4.69, 9.17) is 4.74 Å². The predicted octanol–water partition coefficient (Wildman–Crippen LogP) is 1.74. The Labute approximate surface area is 176 Å². The molecule has 3 amide bonds. The van der Waals surface area contributed by atoms with Crippen molar-refractivity contribution in [3.8, 4) is 0 Å². The highest BCUT2D eigenvalue weighted by atomic mass is 19.1. The summed E-state index contributed by atoms with van der Waals surface area (Å²) in [5, 5.41) is 2.92. The van der Waals surface area contributed by atoms with Gasteiger partial charge in [0, 0.05) is 44.9 Å². The first-order valence-corrected chi connectivity index (χ1v) is 10.5. The summed E-state index contributed by atoms with van der Waals surface area (Å²) in [6.07, 6.45) is 3.42. The van der Waals surface area contributed by atoms with Crippen LogP contribution in [0.4, 0.5) is 4.39 Å². The second kappa shape index (κ2) is 10.0. The summed E-state index contributed by atoms with van der Waals surface area (Å²) < 4.78 is 19.0. The van der Waals surface area contributed by atoms with Gasteiger partial charge in [0.15, 0.2) is 0 Å². The van der Waals surface area contributed by atoms with Crippen LogP contribution in [0.3, 0.4) is 0 Å². The third-order valence-electron chi connectivity index (χ3n) is 6.05. The van der Waals surface area contributed by atoms with Crippen molar-refractivity contribution in [2.75, 3.05) is 39.9 Å². The molecule has 8 heteroatoms. The van der Waals surface area contributed by atoms with Gasteiger partial charge in [-0.25, -0.2) is 4.39 Å². The molecule has 3 rings (SSSR count). The summed E-state index contributed by atoms with van der Waals surface area (Å²) in [5.74, 6) is -1.25. The number of nitrogens with one attached hydrogen (secondary N) is 1. The minimum absolute atomic E-state index is 0.0675. The van der Waals surface area contributed by atoms with Crippen molar-refractivity contribution in [1.29, 1.82) is 0 Å². The fourth-order valence-electron chi connectivity index (χ4n) is 4.37. The van der Waals surface area contributed by atoms with Gasteiger partial charge in [0.2, 0.25) is 11.8 Å². The van der Waals surface area contributed by atoms with Gasteiger partial charge in [-0.05, 0) is 37.5 Å². The number of fused-ring (bicyclic) bond motifs is 1. The number of ether oxygens (including phenoxy) is 1. The number of carbonyl (C=O) groups excluding carboxylic acids is 3. The maximum atomic E-state index is 14.0. The average Bonchev–Trinajstić information content (AvgIpc) is 2.74. The van der Waals surface area contributed by atoms with E-state index < -0.39 is 5.82 Å². The number of methoxy groups -OCH3 is 1. The average molecular weight is 419 g/mol. The third-order valence-corrected chi connectivity index (χ3v) is 6.05. The van der Waals surface area contributed by atoms with E-state index in [1.54, 1.807) is 28.9 Å². The van der Waals surface area contributed by atoms with Crippen molar-refractivity contribution in [2.45, 2.75) is 38.6 Å². The number of halogens is 1. The second-order valence-electron chi connectivity index (χ2n) is 8.03. The molecule has 2 unspecified atom stereocenters. The lowest BCUT2D eigenvalue weighted by molar-refractivity contribution is -0.142. The first-order chi connectivity index (χ1) is 14.4. The monoisotopic (exact) mass is 419 g/mol. The molecule has 30 heavy (non-hydrogen) atoms. The number of aryl methyl sites for hydroxylation is 1. The lowest BCUT2D eigenvalue weighted by Gasteiger charge is -2.41. The van der Waals surface area contributed by atoms with Crippen LogP contribution in [0.15, 0.2) is 18.2 Å². The fourth-order valence-corrected chi connectivity index (χ4v) is 4.37. The van der Waals surface area contributed by atoms with Crippen LogP contribution in [0, 0.1) is 18.7 Å². The van der Waals surface area contributed by atoms with Crippen molar-refractivity contribution in [3.05, 3.63) is 35.1 Å². The van der Waals surface area contributed by atoms with E-state index >= 15 is 0 Å². The van der Waals surface area contributed by atoms with Gasteiger partial charge in [0.05, 0.1) is 5.92 Å². The number of amides is 3. The molecule has 0 bridgehead atoms. The molecule has 0 aromatic heterocycles. The van der Waals surface area contributed by atoms with E-state index in [1.165, 1.54) is 13.2 Å². The number of hydrogen-bond acceptors (Lipinski definition) is 4. The zero-order valence-electron chi connectivity index (χ0n) is 17.7. The molecule has 1 saturated carbocycles. The van der Waals surface area contributed by atoms with Crippen LogP contribution in [0.2, 0.25) is 0 Å². The predicted molar refractivity (Wildman–Crippen MR) is 109 cm³/mol. The normalized spacial score (nSPS) is 22.8. The lowest BCUT2D eigenvalue weighted by atomic mass is 9.82. The van der Waals surface area contributed by atoms with E-state index in [2.05, 4.69) is 5.32 Å². The van der Waals surface area contributed by atoms with E-state index in [1.807, 2.05) is 0 Å². The molecule has 1 aliphatic heterocycles. The number of benzene rings is 1. The van der Waals surface area contributed by atoms with Crippen molar-refractivity contribution in [3.63, 3.8) is 0 Å². The molecule has 2 aliphatic rings. The molecule has 7 nitrogen and oxygen atoms in total. The molecule has 1 aromatic carbocycles. The SMILES string of the molecule is COCC(=O)N1CCN(C(=O)c2ccc(C)c(F)c2)CCNC(=O)C2CCCCC21. The molecule has 0 spiro atoms. The highest BCUT2D eigenvalue weighted by Crippen LogP contribution is 2.29. The molecular formula is C22H30FN3O4. The summed E-state index contributed by atoms with van der Waals surface area (Å²) in [6.45, 7) is 2.82. The van der Waals surface area contributed by atoms with Gasteiger partial charge < -0.3 is 19.9 Å². The molecule has 1 heterocycles.